The van der Waals surface area contributed by atoms with Crippen molar-refractivity contribution < 1.29 is 64.5 Å². The highest BCUT2D eigenvalue weighted by Crippen LogP contribution is 2.40. The van der Waals surface area contributed by atoms with Gasteiger partial charge in [-0.1, -0.05) is 66.7 Å². The molecule has 1 N–H and O–H groups in total. The van der Waals surface area contributed by atoms with Crippen molar-refractivity contribution in [1.29, 1.82) is 0 Å². The normalized spacial score (nSPS) is 27.5. The second-order valence-corrected chi connectivity index (χ2v) is 18.9. The van der Waals surface area contributed by atoms with Crippen LogP contribution in [-0.4, -0.2) is 107 Å². The van der Waals surface area contributed by atoms with Gasteiger partial charge in [-0.25, -0.2) is 4.18 Å². The van der Waals surface area contributed by atoms with Crippen LogP contribution in [-0.2, 0) is 78.5 Å². The molecule has 16 heteroatoms. The first-order valence-corrected chi connectivity index (χ1v) is 23.1. The smallest absolute Gasteiger partial charge is 0.397 e. The number of rotatable bonds is 19. The van der Waals surface area contributed by atoms with E-state index in [1.165, 1.54) is 0 Å². The zero-order chi connectivity index (χ0) is 43.0. The van der Waals surface area contributed by atoms with Gasteiger partial charge < -0.3 is 47.4 Å². The van der Waals surface area contributed by atoms with Crippen molar-refractivity contribution in [2.24, 2.45) is 0 Å². The highest BCUT2D eigenvalue weighted by molar-refractivity contribution is 7.97. The van der Waals surface area contributed by atoms with Crippen molar-refractivity contribution in [2.45, 2.75) is 87.6 Å². The first-order chi connectivity index (χ1) is 29.4. The minimum Gasteiger partial charge on any atom is -0.497 e. The molecule has 3 fully saturated rings. The Kier molecular flexibility index (Phi) is 15.3. The van der Waals surface area contributed by atoms with Crippen molar-refractivity contribution >= 4 is 21.3 Å². The van der Waals surface area contributed by atoms with E-state index in [4.69, 9.17) is 51.6 Å². The summed E-state index contributed by atoms with van der Waals surface area (Å²) in [6.07, 6.45) is -5.72. The van der Waals surface area contributed by atoms with Crippen molar-refractivity contribution in [2.75, 3.05) is 46.0 Å². The lowest BCUT2D eigenvalue weighted by Gasteiger charge is -2.42. The van der Waals surface area contributed by atoms with E-state index >= 15 is 0 Å². The van der Waals surface area contributed by atoms with Crippen LogP contribution in [0.15, 0.2) is 103 Å². The average Bonchev–Trinajstić information content (AvgIpc) is 3.80. The molecule has 0 radical (unpaired) electrons. The van der Waals surface area contributed by atoms with Gasteiger partial charge in [-0.15, -0.1) is 0 Å². The Hall–Kier alpha value is -3.78. The van der Waals surface area contributed by atoms with E-state index in [-0.39, 0.29) is 18.5 Å². The lowest BCUT2D eigenvalue weighted by atomic mass is 10.0. The second-order valence-electron chi connectivity index (χ2n) is 15.5. The van der Waals surface area contributed by atoms with Gasteiger partial charge in [-0.05, 0) is 66.9 Å². The first-order valence-electron chi connectivity index (χ1n) is 20.1. The number of benzene rings is 4. The van der Waals surface area contributed by atoms with Crippen LogP contribution < -0.4 is 14.2 Å². The fraction of sp³-hybridized carbons (Fsp3) is 0.467. The summed E-state index contributed by atoms with van der Waals surface area (Å²) in [6, 6.07) is 32.5. The average molecular weight is 884 g/mol. The molecule has 3 aliphatic rings. The van der Waals surface area contributed by atoms with Crippen LogP contribution in [0, 0.1) is 0 Å². The molecule has 3 heterocycles. The highest BCUT2D eigenvalue weighted by Gasteiger charge is 2.57. The summed E-state index contributed by atoms with van der Waals surface area (Å²) < 4.78 is 102. The van der Waals surface area contributed by atoms with E-state index in [1.807, 2.05) is 103 Å². The number of hydrogen-bond acceptors (Lipinski definition) is 13. The molecular formula is C45H55O14S2+. The standard InChI is InChI=1S/C45H54O14S2/c1-45(2)55-26-37(58-45)42-43(59-61(46,47)48)39(56-44(57-42)33-9-7-6-8-10-33)29-60-28-38(53-24-31-13-19-35(50-4)20-14-31)41(54-25-32-15-21-36(51-5)22-16-32)40(60)27-52-23-30-11-17-34(49-3)18-12-30/h6-22,37-44H,23-29H2,1-5H3/p+1/t37-,38-,39+,40-,41+,42-,43-,44?,60?/m1/s1. The van der Waals surface area contributed by atoms with E-state index in [9.17, 15) is 13.0 Å². The van der Waals surface area contributed by atoms with Crippen molar-refractivity contribution in [3.8, 4) is 17.2 Å². The fourth-order valence-electron chi connectivity index (χ4n) is 7.70. The van der Waals surface area contributed by atoms with E-state index in [0.717, 1.165) is 39.5 Å². The van der Waals surface area contributed by atoms with Gasteiger partial charge in [0.05, 0.1) is 54.4 Å². The van der Waals surface area contributed by atoms with Gasteiger partial charge in [-0.2, -0.15) is 8.42 Å². The molecule has 14 nitrogen and oxygen atoms in total. The molecule has 0 spiro atoms. The summed E-state index contributed by atoms with van der Waals surface area (Å²) >= 11 is 0. The molecule has 0 aliphatic carbocycles. The lowest BCUT2D eigenvalue weighted by Crippen LogP contribution is -2.57. The maximum Gasteiger partial charge on any atom is 0.397 e. The van der Waals surface area contributed by atoms with Gasteiger partial charge in [0.25, 0.3) is 0 Å². The van der Waals surface area contributed by atoms with Crippen LogP contribution in [0.25, 0.3) is 0 Å². The van der Waals surface area contributed by atoms with E-state index in [1.54, 1.807) is 35.2 Å². The Morgan fingerprint density at radius 3 is 1.80 bits per heavy atom. The van der Waals surface area contributed by atoms with Gasteiger partial charge in [-0.3, -0.25) is 4.55 Å². The third kappa shape index (κ3) is 12.2. The zero-order valence-electron chi connectivity index (χ0n) is 35.0. The molecule has 0 aromatic heterocycles. The van der Waals surface area contributed by atoms with Gasteiger partial charge in [0.15, 0.2) is 17.3 Å². The molecule has 4 aromatic carbocycles. The Morgan fingerprint density at radius 1 is 0.721 bits per heavy atom. The SMILES string of the molecule is COc1ccc(COC[C@@H]2[C@@H](OCc3ccc(OC)cc3)[C@H](OCc3ccc(OC)cc3)C[S+]2C[C@@H]2OC(c3ccccc3)O[C@H]([C@H]3COC(C)(C)O3)[C@@H]2OS(=O)(=O)O)cc1. The topological polar surface area (TPSA) is 156 Å². The first kappa shape index (κ1) is 45.3. The second kappa shape index (κ2) is 20.6. The maximum atomic E-state index is 12.6. The number of hydrogen-bond donors (Lipinski definition) is 1. The number of ether oxygens (including phenoxy) is 10. The van der Waals surface area contributed by atoms with Crippen molar-refractivity contribution in [1.82, 2.24) is 0 Å². The molecule has 3 saturated heterocycles. The third-order valence-corrected chi connectivity index (χ3v) is 14.1. The molecule has 0 saturated carbocycles. The Morgan fingerprint density at radius 2 is 1.28 bits per heavy atom. The van der Waals surface area contributed by atoms with Gasteiger partial charge in [0, 0.05) is 16.5 Å². The molecule has 61 heavy (non-hydrogen) atoms. The highest BCUT2D eigenvalue weighted by atomic mass is 32.3. The van der Waals surface area contributed by atoms with Crippen LogP contribution >= 0.6 is 0 Å². The van der Waals surface area contributed by atoms with Crippen LogP contribution in [0.5, 0.6) is 17.2 Å². The summed E-state index contributed by atoms with van der Waals surface area (Å²) in [6.45, 7) is 4.86. The Balaban J connectivity index is 1.21. The monoisotopic (exact) mass is 883 g/mol. The minimum absolute atomic E-state index is 0.104. The molecule has 3 aliphatic heterocycles. The summed E-state index contributed by atoms with van der Waals surface area (Å²) in [5.74, 6) is 2.09. The predicted octanol–water partition coefficient (Wildman–Crippen LogP) is 6.22. The maximum absolute atomic E-state index is 12.6. The van der Waals surface area contributed by atoms with Crippen molar-refractivity contribution in [3.63, 3.8) is 0 Å². The van der Waals surface area contributed by atoms with Gasteiger partial charge in [0.1, 0.15) is 65.4 Å². The minimum atomic E-state index is -4.99. The summed E-state index contributed by atoms with van der Waals surface area (Å²) in [7, 11) is -0.725. The van der Waals surface area contributed by atoms with Crippen LogP contribution in [0.4, 0.5) is 0 Å². The number of methoxy groups -OCH3 is 3. The van der Waals surface area contributed by atoms with E-state index in [2.05, 4.69) is 0 Å². The Labute approximate surface area is 360 Å². The molecule has 7 rings (SSSR count). The van der Waals surface area contributed by atoms with Crippen molar-refractivity contribution in [3.05, 3.63) is 125 Å². The quantitative estimate of drug-likeness (QED) is 0.0837. The predicted molar refractivity (Wildman–Crippen MR) is 227 cm³/mol. The molecule has 0 bridgehead atoms. The summed E-state index contributed by atoms with van der Waals surface area (Å²) in [5.41, 5.74) is 3.59. The fourth-order valence-corrected chi connectivity index (χ4v) is 11.2. The molecule has 9 atom stereocenters. The Bertz CT molecular complexity index is 2070. The third-order valence-electron chi connectivity index (χ3n) is 10.8. The molecular weight excluding hydrogens is 829 g/mol. The zero-order valence-corrected chi connectivity index (χ0v) is 36.6. The lowest BCUT2D eigenvalue weighted by molar-refractivity contribution is -0.299. The molecule has 330 valence electrons. The van der Waals surface area contributed by atoms with E-state index < -0.39 is 70.0 Å². The summed E-state index contributed by atoms with van der Waals surface area (Å²) in [4.78, 5) is 0. The van der Waals surface area contributed by atoms with Crippen LogP contribution in [0.3, 0.4) is 0 Å². The van der Waals surface area contributed by atoms with Crippen LogP contribution in [0.2, 0.25) is 0 Å². The largest absolute Gasteiger partial charge is 0.497 e. The van der Waals surface area contributed by atoms with Gasteiger partial charge >= 0.3 is 10.4 Å². The van der Waals surface area contributed by atoms with Gasteiger partial charge in [0.2, 0.25) is 0 Å². The summed E-state index contributed by atoms with van der Waals surface area (Å²) in [5, 5.41) is -0.242. The molecule has 0 amide bonds. The molecule has 2 unspecified atom stereocenters. The van der Waals surface area contributed by atoms with Crippen LogP contribution in [0.1, 0.15) is 42.4 Å². The molecule has 4 aromatic rings. The van der Waals surface area contributed by atoms with E-state index in [0.29, 0.717) is 31.3 Å².